The molecule has 2 unspecified atom stereocenters. The molecule has 1 heterocycles. The van der Waals surface area contributed by atoms with Crippen molar-refractivity contribution in [1.29, 1.82) is 0 Å². The van der Waals surface area contributed by atoms with E-state index < -0.39 is 12.0 Å². The van der Waals surface area contributed by atoms with E-state index in [4.69, 9.17) is 11.6 Å². The zero-order valence-electron chi connectivity index (χ0n) is 10.7. The van der Waals surface area contributed by atoms with Crippen LogP contribution >= 0.6 is 39.3 Å². The predicted octanol–water partition coefficient (Wildman–Crippen LogP) is 3.48. The Labute approximate surface area is 134 Å². The van der Waals surface area contributed by atoms with E-state index in [9.17, 15) is 14.7 Å². The molecule has 0 saturated carbocycles. The van der Waals surface area contributed by atoms with Crippen LogP contribution in [0.1, 0.15) is 23.7 Å². The molecule has 0 aliphatic carbocycles. The van der Waals surface area contributed by atoms with Gasteiger partial charge in [-0.2, -0.15) is 0 Å². The lowest BCUT2D eigenvalue weighted by atomic mass is 10.1. The van der Waals surface area contributed by atoms with Crippen LogP contribution in [-0.4, -0.2) is 39.1 Å². The number of aliphatic carboxylic acids is 1. The molecule has 1 N–H and O–H groups in total. The normalized spacial score (nSPS) is 22.1. The van der Waals surface area contributed by atoms with Crippen LogP contribution in [0.4, 0.5) is 0 Å². The Morgan fingerprint density at radius 1 is 1.55 bits per heavy atom. The monoisotopic (exact) mass is 377 g/mol. The Kier molecular flexibility index (Phi) is 4.99. The van der Waals surface area contributed by atoms with E-state index >= 15 is 0 Å². The van der Waals surface area contributed by atoms with E-state index in [0.29, 0.717) is 20.8 Å². The topological polar surface area (TPSA) is 57.6 Å². The maximum atomic E-state index is 12.6. The number of carbonyl (C=O) groups excluding carboxylic acids is 1. The molecule has 1 saturated heterocycles. The smallest absolute Gasteiger partial charge is 0.327 e. The van der Waals surface area contributed by atoms with Crippen LogP contribution in [-0.2, 0) is 4.79 Å². The number of nitrogens with zero attached hydrogens (tertiary/aromatic N) is 1. The number of hydrogen-bond donors (Lipinski definition) is 1. The average molecular weight is 379 g/mol. The van der Waals surface area contributed by atoms with Gasteiger partial charge < -0.3 is 10.0 Å². The summed E-state index contributed by atoms with van der Waals surface area (Å²) in [6.07, 6.45) is 0.717. The minimum absolute atomic E-state index is 0.0990. The zero-order chi connectivity index (χ0) is 14.9. The Balaban J connectivity index is 2.33. The van der Waals surface area contributed by atoms with Gasteiger partial charge in [-0.15, -0.1) is 11.8 Å². The largest absolute Gasteiger partial charge is 0.480 e. The molecule has 1 aliphatic rings. The highest BCUT2D eigenvalue weighted by Gasteiger charge is 2.41. The van der Waals surface area contributed by atoms with Crippen LogP contribution in [0.5, 0.6) is 0 Å². The Morgan fingerprint density at radius 3 is 2.80 bits per heavy atom. The summed E-state index contributed by atoms with van der Waals surface area (Å²) in [5, 5.41) is 9.67. The fraction of sp³-hybridized carbons (Fsp3) is 0.385. The molecule has 108 valence electrons. The quantitative estimate of drug-likeness (QED) is 0.875. The molecule has 1 aromatic rings. The Morgan fingerprint density at radius 2 is 2.25 bits per heavy atom. The summed E-state index contributed by atoms with van der Waals surface area (Å²) in [6, 6.07) is 4.09. The summed E-state index contributed by atoms with van der Waals surface area (Å²) in [6.45, 7) is 1.94. The first-order valence-electron chi connectivity index (χ1n) is 6.07. The lowest BCUT2D eigenvalue weighted by molar-refractivity contribution is -0.141. The van der Waals surface area contributed by atoms with Gasteiger partial charge in [-0.1, -0.05) is 18.5 Å². The molecule has 0 bridgehead atoms. The number of halogens is 2. The SMILES string of the molecule is CCC1SCC(C(=O)O)N1C(=O)c1ccc(Cl)c(Br)c1. The standard InChI is InChI=1S/C13H13BrClNO3S/c1-2-11-16(10(6-20-11)13(18)19)12(17)7-3-4-9(15)8(14)5-7/h3-5,10-11H,2,6H2,1H3,(H,18,19). The molecular weight excluding hydrogens is 366 g/mol. The molecule has 20 heavy (non-hydrogen) atoms. The average Bonchev–Trinajstić information content (AvgIpc) is 2.85. The minimum atomic E-state index is -0.963. The Hall–Kier alpha value is -0.720. The van der Waals surface area contributed by atoms with Crippen LogP contribution in [0.15, 0.2) is 22.7 Å². The van der Waals surface area contributed by atoms with Crippen molar-refractivity contribution in [3.8, 4) is 0 Å². The van der Waals surface area contributed by atoms with Crippen molar-refractivity contribution < 1.29 is 14.7 Å². The van der Waals surface area contributed by atoms with Crippen LogP contribution in [0.25, 0.3) is 0 Å². The number of benzene rings is 1. The van der Waals surface area contributed by atoms with Gasteiger partial charge in [0.25, 0.3) is 5.91 Å². The molecule has 1 aliphatic heterocycles. The number of thioether (sulfide) groups is 1. The number of carboxylic acids is 1. The molecule has 2 rings (SSSR count). The van der Waals surface area contributed by atoms with Crippen LogP contribution in [0.3, 0.4) is 0 Å². The second-order valence-electron chi connectivity index (χ2n) is 4.39. The third-order valence-electron chi connectivity index (χ3n) is 3.13. The summed E-state index contributed by atoms with van der Waals surface area (Å²) < 4.78 is 0.622. The highest BCUT2D eigenvalue weighted by atomic mass is 79.9. The van der Waals surface area contributed by atoms with Gasteiger partial charge in [0.2, 0.25) is 0 Å². The molecule has 7 heteroatoms. The highest BCUT2D eigenvalue weighted by Crippen LogP contribution is 2.33. The van der Waals surface area contributed by atoms with Gasteiger partial charge in [0.1, 0.15) is 6.04 Å². The minimum Gasteiger partial charge on any atom is -0.480 e. The van der Waals surface area contributed by atoms with Crippen molar-refractivity contribution in [3.05, 3.63) is 33.3 Å². The number of carbonyl (C=O) groups is 2. The second kappa shape index (κ2) is 6.37. The summed E-state index contributed by atoms with van der Waals surface area (Å²) in [7, 11) is 0. The summed E-state index contributed by atoms with van der Waals surface area (Å²) in [5.74, 6) is -0.810. The van der Waals surface area contributed by atoms with Crippen LogP contribution in [0, 0.1) is 0 Å². The fourth-order valence-electron chi connectivity index (χ4n) is 2.12. The maximum Gasteiger partial charge on any atom is 0.327 e. The molecule has 2 atom stereocenters. The summed E-state index contributed by atoms with van der Waals surface area (Å²) in [5.41, 5.74) is 0.438. The zero-order valence-corrected chi connectivity index (χ0v) is 13.8. The van der Waals surface area contributed by atoms with E-state index in [0.717, 1.165) is 6.42 Å². The molecule has 0 spiro atoms. The molecule has 1 aromatic carbocycles. The van der Waals surface area contributed by atoms with Crippen molar-refractivity contribution in [2.75, 3.05) is 5.75 Å². The van der Waals surface area contributed by atoms with E-state index in [1.807, 2.05) is 6.92 Å². The number of rotatable bonds is 3. The number of amides is 1. The third kappa shape index (κ3) is 2.97. The maximum absolute atomic E-state index is 12.6. The Bertz CT molecular complexity index is 554. The summed E-state index contributed by atoms with van der Waals surface area (Å²) in [4.78, 5) is 25.3. The van der Waals surface area contributed by atoms with E-state index in [-0.39, 0.29) is 11.3 Å². The van der Waals surface area contributed by atoms with E-state index in [1.165, 1.54) is 16.7 Å². The van der Waals surface area contributed by atoms with Crippen molar-refractivity contribution in [3.63, 3.8) is 0 Å². The van der Waals surface area contributed by atoms with Gasteiger partial charge >= 0.3 is 5.97 Å². The van der Waals surface area contributed by atoms with Crippen molar-refractivity contribution >= 4 is 51.2 Å². The highest BCUT2D eigenvalue weighted by molar-refractivity contribution is 9.10. The van der Waals surface area contributed by atoms with E-state index in [1.54, 1.807) is 18.2 Å². The van der Waals surface area contributed by atoms with Gasteiger partial charge in [-0.25, -0.2) is 4.79 Å². The van der Waals surface area contributed by atoms with Crippen molar-refractivity contribution in [2.24, 2.45) is 0 Å². The third-order valence-corrected chi connectivity index (χ3v) is 5.80. The molecule has 0 radical (unpaired) electrons. The van der Waals surface area contributed by atoms with Crippen LogP contribution < -0.4 is 0 Å². The summed E-state index contributed by atoms with van der Waals surface area (Å²) >= 11 is 10.7. The van der Waals surface area contributed by atoms with Gasteiger partial charge in [-0.05, 0) is 40.5 Å². The number of carboxylic acid groups (broad SMARTS) is 1. The molecule has 1 amide bonds. The number of hydrogen-bond acceptors (Lipinski definition) is 3. The molecule has 4 nitrogen and oxygen atoms in total. The predicted molar refractivity (Wildman–Crippen MR) is 83.3 cm³/mol. The first-order chi connectivity index (χ1) is 9.45. The van der Waals surface area contributed by atoms with Crippen molar-refractivity contribution in [2.45, 2.75) is 24.8 Å². The van der Waals surface area contributed by atoms with E-state index in [2.05, 4.69) is 15.9 Å². The molecule has 1 fully saturated rings. The van der Waals surface area contributed by atoms with Gasteiger partial charge in [0.15, 0.2) is 0 Å². The van der Waals surface area contributed by atoms with Gasteiger partial charge in [0, 0.05) is 15.8 Å². The second-order valence-corrected chi connectivity index (χ2v) is 6.86. The first-order valence-corrected chi connectivity index (χ1v) is 8.29. The van der Waals surface area contributed by atoms with Gasteiger partial charge in [0.05, 0.1) is 10.4 Å². The first kappa shape index (κ1) is 15.7. The lowest BCUT2D eigenvalue weighted by Gasteiger charge is -2.26. The molecule has 0 aromatic heterocycles. The van der Waals surface area contributed by atoms with Crippen molar-refractivity contribution in [1.82, 2.24) is 4.90 Å². The fourth-order valence-corrected chi connectivity index (χ4v) is 3.96. The molecular formula is C13H13BrClNO3S. The van der Waals surface area contributed by atoms with Crippen LogP contribution in [0.2, 0.25) is 5.02 Å². The van der Waals surface area contributed by atoms with Gasteiger partial charge in [-0.3, -0.25) is 4.79 Å². The lowest BCUT2D eigenvalue weighted by Crippen LogP contribution is -2.45.